The van der Waals surface area contributed by atoms with E-state index < -0.39 is 11.7 Å². The highest BCUT2D eigenvalue weighted by Crippen LogP contribution is 2.22. The Balaban J connectivity index is 1.59. The molecule has 1 aromatic carbocycles. The molecule has 1 aromatic rings. The fourth-order valence-corrected chi connectivity index (χ4v) is 3.74. The molecule has 0 radical (unpaired) electrons. The predicted molar refractivity (Wildman–Crippen MR) is 106 cm³/mol. The highest BCUT2D eigenvalue weighted by atomic mass is 35.5. The van der Waals surface area contributed by atoms with E-state index in [4.69, 9.17) is 16.3 Å². The molecule has 6 nitrogen and oxygen atoms in total. The number of amides is 1. The molecule has 7 heteroatoms. The quantitative estimate of drug-likeness (QED) is 0.773. The molecule has 0 saturated carbocycles. The number of carbonyl (C=O) groups excluding carboxylic acids is 2. The standard InChI is InChI=1S/C20H28ClN3O3/c1-20(2,3)27-19(26)24-13-17(18(25)14-24)23-10-4-9-22(11-12-23)16-7-5-15(21)6-8-16/h5-8,17H,4,9-14H2,1-3H3/t17-/m1/s1. The zero-order valence-corrected chi connectivity index (χ0v) is 17.0. The minimum absolute atomic E-state index is 0.0980. The lowest BCUT2D eigenvalue weighted by atomic mass is 10.2. The fourth-order valence-electron chi connectivity index (χ4n) is 3.61. The average Bonchev–Trinajstić information content (AvgIpc) is 2.82. The van der Waals surface area contributed by atoms with E-state index in [1.54, 1.807) is 0 Å². The Bertz CT molecular complexity index is 687. The molecule has 2 heterocycles. The van der Waals surface area contributed by atoms with Gasteiger partial charge in [0.2, 0.25) is 0 Å². The first-order valence-electron chi connectivity index (χ1n) is 9.48. The van der Waals surface area contributed by atoms with E-state index in [9.17, 15) is 9.59 Å². The summed E-state index contributed by atoms with van der Waals surface area (Å²) >= 11 is 5.98. The number of hydrogen-bond acceptors (Lipinski definition) is 5. The van der Waals surface area contributed by atoms with Crippen LogP contribution in [0.4, 0.5) is 10.5 Å². The van der Waals surface area contributed by atoms with Gasteiger partial charge in [0.15, 0.2) is 5.78 Å². The lowest BCUT2D eigenvalue weighted by Crippen LogP contribution is -2.44. The van der Waals surface area contributed by atoms with Gasteiger partial charge in [0, 0.05) is 43.4 Å². The predicted octanol–water partition coefficient (Wildman–Crippen LogP) is 3.04. The SMILES string of the molecule is CC(C)(C)OC(=O)N1CC(=O)[C@H](N2CCCN(c3ccc(Cl)cc3)CC2)C1. The summed E-state index contributed by atoms with van der Waals surface area (Å²) in [5.41, 5.74) is 0.592. The van der Waals surface area contributed by atoms with Crippen LogP contribution in [0.25, 0.3) is 0 Å². The van der Waals surface area contributed by atoms with Crippen molar-refractivity contribution < 1.29 is 14.3 Å². The van der Waals surface area contributed by atoms with Crippen LogP contribution in [0.3, 0.4) is 0 Å². The number of Topliss-reactive ketones (excluding diaryl/α,β-unsaturated/α-hetero) is 1. The second kappa shape index (κ2) is 8.07. The first-order chi connectivity index (χ1) is 12.7. The van der Waals surface area contributed by atoms with Crippen LogP contribution in [0.15, 0.2) is 24.3 Å². The Morgan fingerprint density at radius 3 is 2.48 bits per heavy atom. The maximum Gasteiger partial charge on any atom is 0.410 e. The Kier molecular flexibility index (Phi) is 5.96. The summed E-state index contributed by atoms with van der Waals surface area (Å²) in [6.45, 7) is 9.48. The van der Waals surface area contributed by atoms with Gasteiger partial charge in [-0.3, -0.25) is 14.6 Å². The van der Waals surface area contributed by atoms with Crippen molar-refractivity contribution in [2.75, 3.05) is 44.2 Å². The molecule has 0 spiro atoms. The number of hydrogen-bond donors (Lipinski definition) is 0. The van der Waals surface area contributed by atoms with E-state index in [2.05, 4.69) is 9.80 Å². The summed E-state index contributed by atoms with van der Waals surface area (Å²) in [5, 5.41) is 0.731. The molecule has 3 rings (SSSR count). The first kappa shape index (κ1) is 20.0. The molecule has 2 saturated heterocycles. The number of benzene rings is 1. The zero-order chi connectivity index (χ0) is 19.6. The third kappa shape index (κ3) is 5.14. The topological polar surface area (TPSA) is 53.1 Å². The van der Waals surface area contributed by atoms with Gasteiger partial charge >= 0.3 is 6.09 Å². The van der Waals surface area contributed by atoms with Crippen molar-refractivity contribution >= 4 is 29.2 Å². The van der Waals surface area contributed by atoms with Crippen molar-refractivity contribution in [3.63, 3.8) is 0 Å². The minimum Gasteiger partial charge on any atom is -0.444 e. The number of rotatable bonds is 2. The summed E-state index contributed by atoms with van der Waals surface area (Å²) in [6.07, 6.45) is 0.565. The number of anilines is 1. The molecular weight excluding hydrogens is 366 g/mol. The highest BCUT2D eigenvalue weighted by Gasteiger charge is 2.39. The molecule has 27 heavy (non-hydrogen) atoms. The van der Waals surface area contributed by atoms with Gasteiger partial charge in [-0.05, 0) is 51.5 Å². The molecule has 1 atom stereocenters. The second-order valence-electron chi connectivity index (χ2n) is 8.20. The average molecular weight is 394 g/mol. The molecule has 0 aromatic heterocycles. The third-order valence-electron chi connectivity index (χ3n) is 4.93. The number of halogens is 1. The van der Waals surface area contributed by atoms with Gasteiger partial charge in [-0.2, -0.15) is 0 Å². The molecule has 0 aliphatic carbocycles. The number of ketones is 1. The van der Waals surface area contributed by atoms with Gasteiger partial charge < -0.3 is 9.64 Å². The van der Waals surface area contributed by atoms with E-state index >= 15 is 0 Å². The highest BCUT2D eigenvalue weighted by molar-refractivity contribution is 6.30. The molecule has 0 N–H and O–H groups in total. The van der Waals surface area contributed by atoms with Crippen LogP contribution in [0.1, 0.15) is 27.2 Å². The molecule has 1 amide bonds. The molecular formula is C20H28ClN3O3. The Hall–Kier alpha value is -1.79. The van der Waals surface area contributed by atoms with Gasteiger partial charge in [0.25, 0.3) is 0 Å². The second-order valence-corrected chi connectivity index (χ2v) is 8.63. The largest absolute Gasteiger partial charge is 0.444 e. The molecule has 2 fully saturated rings. The van der Waals surface area contributed by atoms with Crippen molar-refractivity contribution in [1.29, 1.82) is 0 Å². The molecule has 0 bridgehead atoms. The smallest absolute Gasteiger partial charge is 0.410 e. The summed E-state index contributed by atoms with van der Waals surface area (Å²) < 4.78 is 5.41. The van der Waals surface area contributed by atoms with Crippen molar-refractivity contribution in [1.82, 2.24) is 9.80 Å². The molecule has 2 aliphatic heterocycles. The Morgan fingerprint density at radius 2 is 1.81 bits per heavy atom. The minimum atomic E-state index is -0.556. The van der Waals surface area contributed by atoms with E-state index in [1.165, 1.54) is 4.90 Å². The van der Waals surface area contributed by atoms with E-state index in [0.717, 1.165) is 43.3 Å². The van der Waals surface area contributed by atoms with Gasteiger partial charge in [-0.1, -0.05) is 11.6 Å². The van der Waals surface area contributed by atoms with Crippen LogP contribution in [0.2, 0.25) is 5.02 Å². The zero-order valence-electron chi connectivity index (χ0n) is 16.3. The van der Waals surface area contributed by atoms with Crippen LogP contribution in [-0.4, -0.2) is 72.6 Å². The summed E-state index contributed by atoms with van der Waals surface area (Å²) in [5.74, 6) is 0.0980. The summed E-state index contributed by atoms with van der Waals surface area (Å²) in [7, 11) is 0. The maximum absolute atomic E-state index is 12.5. The van der Waals surface area contributed by atoms with Crippen LogP contribution in [-0.2, 0) is 9.53 Å². The number of nitrogens with zero attached hydrogens (tertiary/aromatic N) is 3. The van der Waals surface area contributed by atoms with Crippen molar-refractivity contribution in [3.05, 3.63) is 29.3 Å². The molecule has 2 aliphatic rings. The Morgan fingerprint density at radius 1 is 1.11 bits per heavy atom. The van der Waals surface area contributed by atoms with Gasteiger partial charge in [-0.25, -0.2) is 4.79 Å². The first-order valence-corrected chi connectivity index (χ1v) is 9.86. The molecule has 0 unspecified atom stereocenters. The third-order valence-corrected chi connectivity index (χ3v) is 5.18. The normalized spacial score (nSPS) is 22.1. The van der Waals surface area contributed by atoms with Crippen LogP contribution >= 0.6 is 11.6 Å². The lowest BCUT2D eigenvalue weighted by molar-refractivity contribution is -0.120. The van der Waals surface area contributed by atoms with E-state index in [1.807, 2.05) is 45.0 Å². The number of ether oxygens (including phenoxy) is 1. The molecule has 148 valence electrons. The Labute approximate surface area is 166 Å². The van der Waals surface area contributed by atoms with Gasteiger partial charge in [0.05, 0.1) is 12.6 Å². The van der Waals surface area contributed by atoms with Crippen molar-refractivity contribution in [2.45, 2.75) is 38.8 Å². The van der Waals surface area contributed by atoms with E-state index in [-0.39, 0.29) is 18.4 Å². The maximum atomic E-state index is 12.5. The lowest BCUT2D eigenvalue weighted by Gasteiger charge is -2.28. The monoisotopic (exact) mass is 393 g/mol. The van der Waals surface area contributed by atoms with Crippen LogP contribution in [0, 0.1) is 0 Å². The van der Waals surface area contributed by atoms with Crippen LogP contribution in [0.5, 0.6) is 0 Å². The van der Waals surface area contributed by atoms with Crippen LogP contribution < -0.4 is 4.90 Å². The number of likely N-dealkylation sites (tertiary alicyclic amines) is 1. The van der Waals surface area contributed by atoms with Gasteiger partial charge in [0.1, 0.15) is 5.60 Å². The summed E-state index contributed by atoms with van der Waals surface area (Å²) in [4.78, 5) is 30.9. The van der Waals surface area contributed by atoms with Gasteiger partial charge in [-0.15, -0.1) is 0 Å². The van der Waals surface area contributed by atoms with E-state index in [0.29, 0.717) is 6.54 Å². The van der Waals surface area contributed by atoms with Crippen molar-refractivity contribution in [2.24, 2.45) is 0 Å². The van der Waals surface area contributed by atoms with Crippen molar-refractivity contribution in [3.8, 4) is 0 Å². The fraction of sp³-hybridized carbons (Fsp3) is 0.600. The number of carbonyl (C=O) groups is 2. The summed E-state index contributed by atoms with van der Waals surface area (Å²) in [6, 6.07) is 7.63.